The van der Waals surface area contributed by atoms with E-state index in [1.54, 1.807) is 30.7 Å². The first-order chi connectivity index (χ1) is 9.51. The van der Waals surface area contributed by atoms with Crippen LogP contribution in [-0.4, -0.2) is 18.0 Å². The number of hydrogen-bond acceptors (Lipinski definition) is 4. The smallest absolute Gasteiger partial charge is 0.265 e. The Hall–Kier alpha value is -1.44. The van der Waals surface area contributed by atoms with Gasteiger partial charge in [-0.2, -0.15) is 0 Å². The SMILES string of the molecule is COc1csc(C(=O)Nc2ccc(Br)cc2C(N)=S)c1. The van der Waals surface area contributed by atoms with Crippen molar-refractivity contribution < 1.29 is 9.53 Å². The highest BCUT2D eigenvalue weighted by molar-refractivity contribution is 9.10. The summed E-state index contributed by atoms with van der Waals surface area (Å²) in [5.41, 5.74) is 6.86. The van der Waals surface area contributed by atoms with Crippen molar-refractivity contribution in [2.45, 2.75) is 0 Å². The molecule has 1 aromatic carbocycles. The fourth-order valence-electron chi connectivity index (χ4n) is 1.56. The van der Waals surface area contributed by atoms with Crippen molar-refractivity contribution in [3.8, 4) is 5.75 Å². The zero-order chi connectivity index (χ0) is 14.7. The van der Waals surface area contributed by atoms with E-state index < -0.39 is 0 Å². The van der Waals surface area contributed by atoms with Gasteiger partial charge < -0.3 is 15.8 Å². The summed E-state index contributed by atoms with van der Waals surface area (Å²) in [6, 6.07) is 7.01. The molecule has 1 heterocycles. The van der Waals surface area contributed by atoms with Gasteiger partial charge >= 0.3 is 0 Å². The van der Waals surface area contributed by atoms with Gasteiger partial charge in [0.25, 0.3) is 5.91 Å². The molecular weight excluding hydrogens is 360 g/mol. The Morgan fingerprint density at radius 3 is 2.80 bits per heavy atom. The van der Waals surface area contributed by atoms with Gasteiger partial charge in [0.15, 0.2) is 0 Å². The molecule has 3 N–H and O–H groups in total. The zero-order valence-electron chi connectivity index (χ0n) is 10.5. The summed E-state index contributed by atoms with van der Waals surface area (Å²) >= 11 is 9.64. The molecule has 0 aliphatic heterocycles. The van der Waals surface area contributed by atoms with Crippen molar-refractivity contribution in [2.75, 3.05) is 12.4 Å². The van der Waals surface area contributed by atoms with Crippen LogP contribution >= 0.6 is 39.5 Å². The van der Waals surface area contributed by atoms with Crippen LogP contribution < -0.4 is 15.8 Å². The Balaban J connectivity index is 2.25. The van der Waals surface area contributed by atoms with Crippen LogP contribution in [0.15, 0.2) is 34.1 Å². The number of rotatable bonds is 4. The fraction of sp³-hybridized carbons (Fsp3) is 0.0769. The van der Waals surface area contributed by atoms with Crippen LogP contribution in [0.3, 0.4) is 0 Å². The predicted octanol–water partition coefficient (Wildman–Crippen LogP) is 3.41. The van der Waals surface area contributed by atoms with Crippen LogP contribution in [0.4, 0.5) is 5.69 Å². The third-order valence-electron chi connectivity index (χ3n) is 2.53. The van der Waals surface area contributed by atoms with E-state index in [1.807, 2.05) is 6.07 Å². The van der Waals surface area contributed by atoms with Crippen LogP contribution in [0.5, 0.6) is 5.75 Å². The van der Waals surface area contributed by atoms with E-state index in [-0.39, 0.29) is 10.9 Å². The Labute approximate surface area is 134 Å². The third-order valence-corrected chi connectivity index (χ3v) is 4.15. The molecule has 1 aromatic heterocycles. The second-order valence-electron chi connectivity index (χ2n) is 3.86. The highest BCUT2D eigenvalue weighted by Gasteiger charge is 2.13. The van der Waals surface area contributed by atoms with E-state index in [1.165, 1.54) is 11.3 Å². The van der Waals surface area contributed by atoms with Crippen LogP contribution in [0.25, 0.3) is 0 Å². The summed E-state index contributed by atoms with van der Waals surface area (Å²) in [6.45, 7) is 0. The van der Waals surface area contributed by atoms with Crippen molar-refractivity contribution in [3.63, 3.8) is 0 Å². The summed E-state index contributed by atoms with van der Waals surface area (Å²) in [4.78, 5) is 12.9. The second-order valence-corrected chi connectivity index (χ2v) is 6.13. The fourth-order valence-corrected chi connectivity index (χ4v) is 2.84. The standard InChI is InChI=1S/C13H11BrN2O2S2/c1-18-8-5-11(20-6-8)13(17)16-10-3-2-7(14)4-9(10)12(15)19/h2-6H,1H3,(H2,15,19)(H,16,17). The molecule has 7 heteroatoms. The highest BCUT2D eigenvalue weighted by Crippen LogP contribution is 2.25. The molecule has 0 fully saturated rings. The Morgan fingerprint density at radius 2 is 2.20 bits per heavy atom. The van der Waals surface area contributed by atoms with E-state index in [0.29, 0.717) is 21.9 Å². The maximum Gasteiger partial charge on any atom is 0.265 e. The van der Waals surface area contributed by atoms with Crippen LogP contribution in [-0.2, 0) is 0 Å². The van der Waals surface area contributed by atoms with E-state index in [2.05, 4.69) is 21.2 Å². The molecular formula is C13H11BrN2O2S2. The summed E-state index contributed by atoms with van der Waals surface area (Å²) in [5, 5.41) is 4.57. The van der Waals surface area contributed by atoms with Crippen LogP contribution in [0.1, 0.15) is 15.2 Å². The average molecular weight is 371 g/mol. The molecule has 0 saturated heterocycles. The van der Waals surface area contributed by atoms with Gasteiger partial charge in [0, 0.05) is 21.5 Å². The molecule has 0 spiro atoms. The monoisotopic (exact) mass is 370 g/mol. The van der Waals surface area contributed by atoms with Gasteiger partial charge in [0.2, 0.25) is 0 Å². The number of carbonyl (C=O) groups excluding carboxylic acids is 1. The molecule has 0 bridgehead atoms. The largest absolute Gasteiger partial charge is 0.496 e. The number of thiophene rings is 1. The van der Waals surface area contributed by atoms with Gasteiger partial charge in [0.1, 0.15) is 10.7 Å². The first kappa shape index (κ1) is 15.0. The van der Waals surface area contributed by atoms with E-state index in [9.17, 15) is 4.79 Å². The van der Waals surface area contributed by atoms with Crippen LogP contribution in [0.2, 0.25) is 0 Å². The molecule has 0 radical (unpaired) electrons. The van der Waals surface area contributed by atoms with Gasteiger partial charge in [0.05, 0.1) is 17.7 Å². The Kier molecular flexibility index (Phi) is 4.74. The number of benzene rings is 1. The lowest BCUT2D eigenvalue weighted by molar-refractivity contribution is 0.103. The van der Waals surface area contributed by atoms with Gasteiger partial charge in [-0.1, -0.05) is 28.1 Å². The van der Waals surface area contributed by atoms with Crippen LogP contribution in [0, 0.1) is 0 Å². The number of methoxy groups -OCH3 is 1. The molecule has 104 valence electrons. The number of halogens is 1. The van der Waals surface area contributed by atoms with Gasteiger partial charge in [-0.05, 0) is 18.2 Å². The molecule has 4 nitrogen and oxygen atoms in total. The number of nitrogens with two attached hydrogens (primary N) is 1. The van der Waals surface area contributed by atoms with Crippen molar-refractivity contribution in [2.24, 2.45) is 5.73 Å². The Morgan fingerprint density at radius 1 is 1.45 bits per heavy atom. The lowest BCUT2D eigenvalue weighted by Crippen LogP contribution is -2.17. The van der Waals surface area contributed by atoms with Crippen molar-refractivity contribution in [1.82, 2.24) is 0 Å². The number of thiocarbonyl (C=S) groups is 1. The minimum atomic E-state index is -0.224. The first-order valence-corrected chi connectivity index (χ1v) is 7.62. The number of carbonyl (C=O) groups is 1. The molecule has 2 aromatic rings. The maximum absolute atomic E-state index is 12.2. The molecule has 1 amide bonds. The number of nitrogens with one attached hydrogen (secondary N) is 1. The topological polar surface area (TPSA) is 64.3 Å². The molecule has 0 atom stereocenters. The van der Waals surface area contributed by atoms with E-state index in [4.69, 9.17) is 22.7 Å². The lowest BCUT2D eigenvalue weighted by atomic mass is 10.1. The molecule has 0 aliphatic carbocycles. The van der Waals surface area contributed by atoms with Crippen molar-refractivity contribution in [1.29, 1.82) is 0 Å². The molecule has 0 unspecified atom stereocenters. The summed E-state index contributed by atoms with van der Waals surface area (Å²) in [7, 11) is 1.56. The van der Waals surface area contributed by atoms with Crippen molar-refractivity contribution in [3.05, 3.63) is 44.6 Å². The molecule has 0 aliphatic rings. The normalized spacial score (nSPS) is 10.1. The zero-order valence-corrected chi connectivity index (χ0v) is 13.7. The lowest BCUT2D eigenvalue weighted by Gasteiger charge is -2.09. The van der Waals surface area contributed by atoms with E-state index >= 15 is 0 Å². The van der Waals surface area contributed by atoms with Gasteiger partial charge in [-0.15, -0.1) is 11.3 Å². The maximum atomic E-state index is 12.2. The Bertz CT molecular complexity index is 670. The minimum absolute atomic E-state index is 0.224. The quantitative estimate of drug-likeness (QED) is 0.809. The predicted molar refractivity (Wildman–Crippen MR) is 88.9 cm³/mol. The number of amides is 1. The number of hydrogen-bond donors (Lipinski definition) is 2. The third kappa shape index (κ3) is 3.36. The van der Waals surface area contributed by atoms with E-state index in [0.717, 1.165) is 4.47 Å². The van der Waals surface area contributed by atoms with Gasteiger partial charge in [-0.3, -0.25) is 4.79 Å². The minimum Gasteiger partial charge on any atom is -0.496 e. The average Bonchev–Trinajstić information content (AvgIpc) is 2.89. The summed E-state index contributed by atoms with van der Waals surface area (Å²) in [6.07, 6.45) is 0. The molecule has 20 heavy (non-hydrogen) atoms. The number of ether oxygens (including phenoxy) is 1. The highest BCUT2D eigenvalue weighted by atomic mass is 79.9. The summed E-state index contributed by atoms with van der Waals surface area (Å²) < 4.78 is 5.90. The number of anilines is 1. The second kappa shape index (κ2) is 6.34. The first-order valence-electron chi connectivity index (χ1n) is 5.54. The molecule has 2 rings (SSSR count). The van der Waals surface area contributed by atoms with Crippen molar-refractivity contribution >= 4 is 56.1 Å². The summed E-state index contributed by atoms with van der Waals surface area (Å²) in [5.74, 6) is 0.434. The van der Waals surface area contributed by atoms with Gasteiger partial charge in [-0.25, -0.2) is 0 Å². The molecule has 0 saturated carbocycles.